The van der Waals surface area contributed by atoms with E-state index in [9.17, 15) is 4.79 Å². The van der Waals surface area contributed by atoms with Crippen molar-refractivity contribution < 1.29 is 14.3 Å². The molecule has 0 aliphatic rings. The molecule has 5 nitrogen and oxygen atoms in total. The minimum Gasteiger partial charge on any atom is -0.490 e. The van der Waals surface area contributed by atoms with Crippen LogP contribution in [0, 0.1) is 0 Å². The number of hydrogen-bond donors (Lipinski definition) is 2. The van der Waals surface area contributed by atoms with E-state index in [0.717, 1.165) is 12.1 Å². The number of ether oxygens (including phenoxy) is 2. The summed E-state index contributed by atoms with van der Waals surface area (Å²) in [6.07, 6.45) is -0.692. The average Bonchev–Trinajstić information content (AvgIpc) is 2.38. The summed E-state index contributed by atoms with van der Waals surface area (Å²) < 4.78 is 11.1. The van der Waals surface area contributed by atoms with Gasteiger partial charge in [-0.25, -0.2) is 0 Å². The van der Waals surface area contributed by atoms with Crippen LogP contribution in [0.5, 0.6) is 11.5 Å². The van der Waals surface area contributed by atoms with Crippen molar-refractivity contribution in [2.45, 2.75) is 52.8 Å². The number of carbonyl (C=O) groups excluding carboxylic acids is 1. The highest BCUT2D eigenvalue weighted by atomic mass is 16.5. The normalized spacial score (nSPS) is 12.8. The number of amides is 1. The fourth-order valence-electron chi connectivity index (χ4n) is 1.64. The number of nitrogens with one attached hydrogen (secondary N) is 1. The molecule has 1 aromatic rings. The smallest absolute Gasteiger partial charge is 0.258 e. The molecule has 1 rings (SSSR count). The first-order valence-electron chi connectivity index (χ1n) is 7.19. The molecule has 118 valence electrons. The quantitative estimate of drug-likeness (QED) is 0.808. The molecule has 0 radical (unpaired) electrons. The summed E-state index contributed by atoms with van der Waals surface area (Å²) in [6.45, 7) is 11.1. The molecule has 0 saturated heterocycles. The number of nitrogens with two attached hydrogens (primary N) is 1. The first kappa shape index (κ1) is 17.3. The summed E-state index contributed by atoms with van der Waals surface area (Å²) >= 11 is 0. The van der Waals surface area contributed by atoms with Crippen LogP contribution in [0.3, 0.4) is 0 Å². The highest BCUT2D eigenvalue weighted by molar-refractivity contribution is 5.78. The molecular weight excluding hydrogens is 268 g/mol. The maximum Gasteiger partial charge on any atom is 0.258 e. The van der Waals surface area contributed by atoms with Crippen LogP contribution in [0.15, 0.2) is 18.2 Å². The summed E-state index contributed by atoms with van der Waals surface area (Å²) in [4.78, 5) is 11.1. The molecule has 0 bridgehead atoms. The van der Waals surface area contributed by atoms with Gasteiger partial charge in [-0.1, -0.05) is 6.07 Å². The Morgan fingerprint density at radius 1 is 1.33 bits per heavy atom. The van der Waals surface area contributed by atoms with E-state index in [0.29, 0.717) is 18.1 Å². The highest BCUT2D eigenvalue weighted by Gasteiger charge is 2.15. The molecule has 1 aromatic carbocycles. The van der Waals surface area contributed by atoms with Crippen molar-refractivity contribution in [2.75, 3.05) is 6.61 Å². The maximum atomic E-state index is 11.1. The molecule has 0 fully saturated rings. The van der Waals surface area contributed by atoms with E-state index in [-0.39, 0.29) is 5.54 Å². The topological polar surface area (TPSA) is 73.6 Å². The Balaban J connectivity index is 2.88. The molecular formula is C16H26N2O3. The minimum absolute atomic E-state index is 0.0431. The molecule has 0 aliphatic carbocycles. The van der Waals surface area contributed by atoms with Crippen LogP contribution < -0.4 is 20.5 Å². The van der Waals surface area contributed by atoms with Crippen LogP contribution in [0.1, 0.15) is 40.2 Å². The van der Waals surface area contributed by atoms with E-state index in [2.05, 4.69) is 26.1 Å². The van der Waals surface area contributed by atoms with Crippen molar-refractivity contribution in [1.82, 2.24) is 5.32 Å². The van der Waals surface area contributed by atoms with Crippen LogP contribution in [-0.4, -0.2) is 24.2 Å². The second kappa shape index (κ2) is 7.31. The van der Waals surface area contributed by atoms with Gasteiger partial charge in [0, 0.05) is 12.1 Å². The zero-order valence-corrected chi connectivity index (χ0v) is 13.5. The Morgan fingerprint density at radius 3 is 2.52 bits per heavy atom. The average molecular weight is 294 g/mol. The Morgan fingerprint density at radius 2 is 2.00 bits per heavy atom. The molecule has 1 amide bonds. The van der Waals surface area contributed by atoms with Crippen molar-refractivity contribution in [3.63, 3.8) is 0 Å². The summed E-state index contributed by atoms with van der Waals surface area (Å²) in [5.74, 6) is 0.650. The van der Waals surface area contributed by atoms with Crippen LogP contribution in [-0.2, 0) is 11.3 Å². The van der Waals surface area contributed by atoms with E-state index in [4.69, 9.17) is 15.2 Å². The Bertz CT molecular complexity index is 481. The lowest BCUT2D eigenvalue weighted by Gasteiger charge is -2.21. The summed E-state index contributed by atoms with van der Waals surface area (Å²) in [7, 11) is 0. The molecule has 1 atom stereocenters. The van der Waals surface area contributed by atoms with Crippen molar-refractivity contribution in [3.8, 4) is 11.5 Å². The van der Waals surface area contributed by atoms with E-state index in [1.54, 1.807) is 6.92 Å². The van der Waals surface area contributed by atoms with Crippen molar-refractivity contribution in [2.24, 2.45) is 5.73 Å². The summed E-state index contributed by atoms with van der Waals surface area (Å²) in [5.41, 5.74) is 6.35. The maximum absolute atomic E-state index is 11.1. The third-order valence-electron chi connectivity index (χ3n) is 2.84. The van der Waals surface area contributed by atoms with E-state index < -0.39 is 12.0 Å². The van der Waals surface area contributed by atoms with E-state index >= 15 is 0 Å². The Labute approximate surface area is 126 Å². The van der Waals surface area contributed by atoms with Gasteiger partial charge in [0.25, 0.3) is 5.91 Å². The first-order valence-corrected chi connectivity index (χ1v) is 7.19. The van der Waals surface area contributed by atoms with Gasteiger partial charge in [-0.2, -0.15) is 0 Å². The fraction of sp³-hybridized carbons (Fsp3) is 0.562. The van der Waals surface area contributed by atoms with E-state index in [1.165, 1.54) is 0 Å². The zero-order chi connectivity index (χ0) is 16.0. The third-order valence-corrected chi connectivity index (χ3v) is 2.84. The molecule has 0 heterocycles. The fourth-order valence-corrected chi connectivity index (χ4v) is 1.64. The molecule has 5 heteroatoms. The van der Waals surface area contributed by atoms with Gasteiger partial charge < -0.3 is 20.5 Å². The van der Waals surface area contributed by atoms with Crippen LogP contribution in [0.25, 0.3) is 0 Å². The SMILES string of the molecule is CCOc1cc(CNC(C)(C)C)ccc1OC(C)C(N)=O. The van der Waals surface area contributed by atoms with E-state index in [1.807, 2.05) is 25.1 Å². The monoisotopic (exact) mass is 294 g/mol. The second-order valence-electron chi connectivity index (χ2n) is 5.98. The van der Waals surface area contributed by atoms with Crippen LogP contribution >= 0.6 is 0 Å². The molecule has 0 saturated carbocycles. The molecule has 0 aromatic heterocycles. The van der Waals surface area contributed by atoms with Crippen LogP contribution in [0.2, 0.25) is 0 Å². The van der Waals surface area contributed by atoms with Gasteiger partial charge in [0.2, 0.25) is 0 Å². The van der Waals surface area contributed by atoms with Gasteiger partial charge in [0.1, 0.15) is 0 Å². The number of carbonyl (C=O) groups is 1. The van der Waals surface area contributed by atoms with Gasteiger partial charge in [-0.05, 0) is 52.3 Å². The molecule has 3 N–H and O–H groups in total. The van der Waals surface area contributed by atoms with Gasteiger partial charge in [0.05, 0.1) is 6.61 Å². The summed E-state index contributed by atoms with van der Waals surface area (Å²) in [6, 6.07) is 5.68. The third kappa shape index (κ3) is 6.04. The van der Waals surface area contributed by atoms with Gasteiger partial charge in [-0.3, -0.25) is 4.79 Å². The lowest BCUT2D eigenvalue weighted by Crippen LogP contribution is -2.35. The lowest BCUT2D eigenvalue weighted by molar-refractivity contribution is -0.124. The number of rotatable bonds is 7. The predicted molar refractivity (Wildman–Crippen MR) is 83.5 cm³/mol. The molecule has 0 spiro atoms. The Kier molecular flexibility index (Phi) is 6.03. The summed E-state index contributed by atoms with van der Waals surface area (Å²) in [5, 5.41) is 3.42. The van der Waals surface area contributed by atoms with Gasteiger partial charge in [0.15, 0.2) is 17.6 Å². The van der Waals surface area contributed by atoms with Crippen molar-refractivity contribution in [3.05, 3.63) is 23.8 Å². The number of primary amides is 1. The molecule has 21 heavy (non-hydrogen) atoms. The number of benzene rings is 1. The lowest BCUT2D eigenvalue weighted by atomic mass is 10.1. The number of hydrogen-bond acceptors (Lipinski definition) is 4. The van der Waals surface area contributed by atoms with Gasteiger partial charge >= 0.3 is 0 Å². The molecule has 0 aliphatic heterocycles. The first-order chi connectivity index (χ1) is 9.73. The largest absolute Gasteiger partial charge is 0.490 e. The predicted octanol–water partition coefficient (Wildman–Crippen LogP) is 2.23. The Hall–Kier alpha value is -1.75. The molecule has 1 unspecified atom stereocenters. The van der Waals surface area contributed by atoms with Gasteiger partial charge in [-0.15, -0.1) is 0 Å². The van der Waals surface area contributed by atoms with Crippen molar-refractivity contribution >= 4 is 5.91 Å². The van der Waals surface area contributed by atoms with Crippen LogP contribution in [0.4, 0.5) is 0 Å². The minimum atomic E-state index is -0.692. The zero-order valence-electron chi connectivity index (χ0n) is 13.5. The second-order valence-corrected chi connectivity index (χ2v) is 5.98. The highest BCUT2D eigenvalue weighted by Crippen LogP contribution is 2.29. The van der Waals surface area contributed by atoms with Crippen molar-refractivity contribution in [1.29, 1.82) is 0 Å². The standard InChI is InChI=1S/C16H26N2O3/c1-6-20-14-9-12(10-18-16(3,4)5)7-8-13(14)21-11(2)15(17)19/h7-9,11,18H,6,10H2,1-5H3,(H2,17,19).